The Hall–Kier alpha value is -2.06. The Balaban J connectivity index is 1.70. The maximum Gasteiger partial charge on any atom is 0.416 e. The monoisotopic (exact) mass is 426 g/mol. The molecule has 1 aliphatic rings. The van der Waals surface area contributed by atoms with Crippen molar-refractivity contribution in [3.63, 3.8) is 0 Å². The van der Waals surface area contributed by atoms with E-state index in [4.69, 9.17) is 0 Å². The lowest BCUT2D eigenvalue weighted by molar-refractivity contribution is -0.137. The van der Waals surface area contributed by atoms with Gasteiger partial charge in [0.05, 0.1) is 10.5 Å². The number of piperazine rings is 1. The number of hydrogen-bond donors (Lipinski definition) is 0. The van der Waals surface area contributed by atoms with Crippen LogP contribution in [0.1, 0.15) is 37.3 Å². The van der Waals surface area contributed by atoms with Crippen molar-refractivity contribution >= 4 is 15.7 Å². The van der Waals surface area contributed by atoms with E-state index in [1.807, 2.05) is 12.1 Å². The third-order valence-corrected chi connectivity index (χ3v) is 7.39. The highest BCUT2D eigenvalue weighted by Crippen LogP contribution is 2.32. The summed E-state index contributed by atoms with van der Waals surface area (Å²) in [5, 5.41) is 0. The normalized spacial score (nSPS) is 17.3. The summed E-state index contributed by atoms with van der Waals surface area (Å²) in [6.07, 6.45) is -3.42. The summed E-state index contributed by atoms with van der Waals surface area (Å²) in [5.41, 5.74) is 0.849. The Morgan fingerprint density at radius 2 is 1.62 bits per heavy atom. The first-order chi connectivity index (χ1) is 13.6. The van der Waals surface area contributed by atoms with Crippen molar-refractivity contribution in [1.29, 1.82) is 0 Å². The van der Waals surface area contributed by atoms with Crippen LogP contribution < -0.4 is 4.90 Å². The smallest absolute Gasteiger partial charge is 0.369 e. The first kappa shape index (κ1) is 21.6. The number of hydrogen-bond acceptors (Lipinski definition) is 3. The van der Waals surface area contributed by atoms with Crippen molar-refractivity contribution in [2.24, 2.45) is 0 Å². The Bertz CT molecular complexity index is 935. The van der Waals surface area contributed by atoms with Crippen molar-refractivity contribution in [2.75, 3.05) is 31.1 Å². The zero-order valence-electron chi connectivity index (χ0n) is 16.5. The Labute approximate surface area is 170 Å². The van der Waals surface area contributed by atoms with Gasteiger partial charge in [0.15, 0.2) is 0 Å². The maximum atomic E-state index is 12.9. The summed E-state index contributed by atoms with van der Waals surface area (Å²) in [4.78, 5) is 2.03. The zero-order valence-corrected chi connectivity index (χ0v) is 17.3. The average Bonchev–Trinajstić information content (AvgIpc) is 2.73. The van der Waals surface area contributed by atoms with Crippen LogP contribution in [-0.4, -0.2) is 38.9 Å². The zero-order chi connectivity index (χ0) is 21.2. The summed E-state index contributed by atoms with van der Waals surface area (Å²) in [7, 11) is -3.62. The standard InChI is InChI=1S/C21H25F3N2O2S/c1-3-16(2)17-7-9-20(10-8-17)29(27,28)26-13-11-25(12-14-26)19-6-4-5-18(15-19)21(22,23)24/h4-10,15-16H,3,11-14H2,1-2H3. The third kappa shape index (κ3) is 4.75. The van der Waals surface area contributed by atoms with E-state index in [9.17, 15) is 21.6 Å². The van der Waals surface area contributed by atoms with Crippen LogP contribution >= 0.6 is 0 Å². The van der Waals surface area contributed by atoms with Crippen LogP contribution in [0, 0.1) is 0 Å². The highest BCUT2D eigenvalue weighted by Gasteiger charge is 2.32. The van der Waals surface area contributed by atoms with Crippen LogP contribution in [0.2, 0.25) is 0 Å². The lowest BCUT2D eigenvalue weighted by Gasteiger charge is -2.35. The SMILES string of the molecule is CCC(C)c1ccc(S(=O)(=O)N2CCN(c3cccc(C(F)(F)F)c3)CC2)cc1. The number of alkyl halides is 3. The van der Waals surface area contributed by atoms with Gasteiger partial charge in [0.25, 0.3) is 0 Å². The van der Waals surface area contributed by atoms with Gasteiger partial charge < -0.3 is 4.90 Å². The molecule has 29 heavy (non-hydrogen) atoms. The topological polar surface area (TPSA) is 40.6 Å². The predicted molar refractivity (Wildman–Crippen MR) is 108 cm³/mol. The lowest BCUT2D eigenvalue weighted by Crippen LogP contribution is -2.48. The van der Waals surface area contributed by atoms with Gasteiger partial charge in [-0.15, -0.1) is 0 Å². The molecule has 0 saturated carbocycles. The molecule has 1 aliphatic heterocycles. The first-order valence-corrected chi connectivity index (χ1v) is 11.1. The molecule has 2 aromatic rings. The fourth-order valence-corrected chi connectivity index (χ4v) is 4.84. The van der Waals surface area contributed by atoms with Crippen molar-refractivity contribution in [1.82, 2.24) is 4.31 Å². The van der Waals surface area contributed by atoms with Crippen LogP contribution in [0.4, 0.5) is 18.9 Å². The van der Waals surface area contributed by atoms with Crippen molar-refractivity contribution < 1.29 is 21.6 Å². The third-order valence-electron chi connectivity index (χ3n) is 5.48. The number of sulfonamides is 1. The minimum Gasteiger partial charge on any atom is -0.369 e. The second kappa shape index (κ2) is 8.36. The van der Waals surface area contributed by atoms with Gasteiger partial charge in [-0.3, -0.25) is 0 Å². The molecule has 0 amide bonds. The van der Waals surface area contributed by atoms with E-state index in [1.54, 1.807) is 23.1 Å². The van der Waals surface area contributed by atoms with Crippen LogP contribution in [-0.2, 0) is 16.2 Å². The molecule has 1 fully saturated rings. The summed E-state index contributed by atoms with van der Waals surface area (Å²) < 4.78 is 66.1. The van der Waals surface area contributed by atoms with E-state index < -0.39 is 21.8 Å². The Morgan fingerprint density at radius 3 is 2.17 bits per heavy atom. The molecule has 8 heteroatoms. The molecule has 0 spiro atoms. The van der Waals surface area contributed by atoms with Crippen LogP contribution in [0.3, 0.4) is 0 Å². The molecule has 158 valence electrons. The first-order valence-electron chi connectivity index (χ1n) is 9.65. The number of halogens is 3. The van der Waals surface area contributed by atoms with Gasteiger partial charge in [-0.2, -0.15) is 17.5 Å². The van der Waals surface area contributed by atoms with E-state index >= 15 is 0 Å². The quantitative estimate of drug-likeness (QED) is 0.694. The molecule has 0 bridgehead atoms. The number of benzene rings is 2. The molecule has 1 unspecified atom stereocenters. The minimum absolute atomic E-state index is 0.228. The van der Waals surface area contributed by atoms with E-state index in [-0.39, 0.29) is 18.0 Å². The summed E-state index contributed by atoms with van der Waals surface area (Å²) in [5.74, 6) is 0.364. The van der Waals surface area contributed by atoms with Crippen molar-refractivity contribution in [2.45, 2.75) is 37.3 Å². The molecule has 3 rings (SSSR count). The van der Waals surface area contributed by atoms with Crippen LogP contribution in [0.15, 0.2) is 53.4 Å². The fourth-order valence-electron chi connectivity index (χ4n) is 3.42. The maximum absolute atomic E-state index is 12.9. The summed E-state index contributed by atoms with van der Waals surface area (Å²) in [6, 6.07) is 12.1. The number of nitrogens with zero attached hydrogens (tertiary/aromatic N) is 2. The van der Waals surface area contributed by atoms with Crippen molar-refractivity contribution in [3.05, 3.63) is 59.7 Å². The Kier molecular flexibility index (Phi) is 6.24. The van der Waals surface area contributed by atoms with E-state index in [0.717, 1.165) is 24.1 Å². The molecule has 2 aromatic carbocycles. The molecule has 1 saturated heterocycles. The number of rotatable bonds is 5. The van der Waals surface area contributed by atoms with E-state index in [2.05, 4.69) is 13.8 Å². The minimum atomic E-state index is -4.40. The van der Waals surface area contributed by atoms with Gasteiger partial charge in [-0.25, -0.2) is 8.42 Å². The number of anilines is 1. The molecule has 1 atom stereocenters. The van der Waals surface area contributed by atoms with Crippen molar-refractivity contribution in [3.8, 4) is 0 Å². The highest BCUT2D eigenvalue weighted by molar-refractivity contribution is 7.89. The molecule has 0 radical (unpaired) electrons. The van der Waals surface area contributed by atoms with Gasteiger partial charge in [0, 0.05) is 31.9 Å². The molecular weight excluding hydrogens is 401 g/mol. The Morgan fingerprint density at radius 1 is 1.00 bits per heavy atom. The average molecular weight is 427 g/mol. The van der Waals surface area contributed by atoms with Gasteiger partial charge in [0.1, 0.15) is 0 Å². The molecule has 0 N–H and O–H groups in total. The largest absolute Gasteiger partial charge is 0.416 e. The second-order valence-electron chi connectivity index (χ2n) is 7.32. The summed E-state index contributed by atoms with van der Waals surface area (Å²) >= 11 is 0. The molecule has 1 heterocycles. The predicted octanol–water partition coefficient (Wildman–Crippen LogP) is 4.73. The molecular formula is C21H25F3N2O2S. The van der Waals surface area contributed by atoms with Gasteiger partial charge in [-0.05, 0) is 48.2 Å². The molecule has 0 aliphatic carbocycles. The fraction of sp³-hybridized carbons (Fsp3) is 0.429. The second-order valence-corrected chi connectivity index (χ2v) is 9.26. The van der Waals surface area contributed by atoms with Gasteiger partial charge >= 0.3 is 6.18 Å². The highest BCUT2D eigenvalue weighted by atomic mass is 32.2. The lowest BCUT2D eigenvalue weighted by atomic mass is 9.99. The summed E-state index contributed by atoms with van der Waals surface area (Å²) in [6.45, 7) is 5.31. The van der Waals surface area contributed by atoms with Crippen LogP contribution in [0.25, 0.3) is 0 Å². The van der Waals surface area contributed by atoms with E-state index in [0.29, 0.717) is 24.7 Å². The van der Waals surface area contributed by atoms with E-state index in [1.165, 1.54) is 10.4 Å². The van der Waals surface area contributed by atoms with Gasteiger partial charge in [0.2, 0.25) is 10.0 Å². The molecule has 0 aromatic heterocycles. The van der Waals surface area contributed by atoms with Crippen LogP contribution in [0.5, 0.6) is 0 Å². The van der Waals surface area contributed by atoms with Gasteiger partial charge in [-0.1, -0.05) is 32.0 Å². The molecule has 4 nitrogen and oxygen atoms in total.